The van der Waals surface area contributed by atoms with Gasteiger partial charge in [-0.25, -0.2) is 4.68 Å². The van der Waals surface area contributed by atoms with Crippen LogP contribution in [0.3, 0.4) is 0 Å². The summed E-state index contributed by atoms with van der Waals surface area (Å²) >= 11 is 3.30. The van der Waals surface area contributed by atoms with E-state index in [0.717, 1.165) is 4.88 Å². The average Bonchev–Trinajstić information content (AvgIpc) is 3.09. The summed E-state index contributed by atoms with van der Waals surface area (Å²) in [5, 5.41) is 23.0. The molecule has 21 heavy (non-hydrogen) atoms. The van der Waals surface area contributed by atoms with E-state index in [-0.39, 0.29) is 18.4 Å². The fraction of sp³-hybridized carbons (Fsp3) is 0.385. The first kappa shape index (κ1) is 14.2. The maximum Gasteiger partial charge on any atom is 0.305 e. The Morgan fingerprint density at radius 1 is 1.43 bits per heavy atom. The lowest BCUT2D eigenvalue weighted by atomic mass is 10.0. The van der Waals surface area contributed by atoms with Crippen LogP contribution in [0.4, 0.5) is 0 Å². The molecule has 1 unspecified atom stereocenters. The average molecular weight is 322 g/mol. The molecule has 6 nitrogen and oxygen atoms in total. The molecule has 3 heterocycles. The third-order valence-electron chi connectivity index (χ3n) is 3.32. The van der Waals surface area contributed by atoms with Crippen molar-refractivity contribution in [2.45, 2.75) is 26.3 Å². The van der Waals surface area contributed by atoms with Gasteiger partial charge in [-0.2, -0.15) is 0 Å². The Kier molecular flexibility index (Phi) is 3.73. The highest BCUT2D eigenvalue weighted by molar-refractivity contribution is 7.28. The lowest BCUT2D eigenvalue weighted by Gasteiger charge is -2.19. The second-order valence-corrected chi connectivity index (χ2v) is 7.15. The standard InChI is InChI=1S/C13H14N4O2S2/c1-7(2)8(5-12(18)19)17-13(14-15-16-17)11-6-10-9(21-11)3-4-20-10/h3-4,6-8H,5H2,1-2H3,(H,18,19). The van der Waals surface area contributed by atoms with Crippen molar-refractivity contribution >= 4 is 38.0 Å². The lowest BCUT2D eigenvalue weighted by Crippen LogP contribution is -2.21. The minimum absolute atomic E-state index is 0.00937. The van der Waals surface area contributed by atoms with Crippen molar-refractivity contribution < 1.29 is 9.90 Å². The maximum atomic E-state index is 11.1. The predicted molar refractivity (Wildman–Crippen MR) is 82.6 cm³/mol. The number of rotatable bonds is 5. The van der Waals surface area contributed by atoms with Gasteiger partial charge in [0.25, 0.3) is 0 Å². The summed E-state index contributed by atoms with van der Waals surface area (Å²) in [5.74, 6) is -0.0740. The number of hydrogen-bond acceptors (Lipinski definition) is 6. The van der Waals surface area contributed by atoms with Gasteiger partial charge >= 0.3 is 5.97 Å². The SMILES string of the molecule is CC(C)C(CC(=O)O)n1nnnc1-c1cc2sccc2s1. The smallest absolute Gasteiger partial charge is 0.305 e. The molecule has 0 amide bonds. The van der Waals surface area contributed by atoms with E-state index in [1.54, 1.807) is 27.4 Å². The molecule has 0 saturated carbocycles. The van der Waals surface area contributed by atoms with E-state index in [4.69, 9.17) is 5.11 Å². The Bertz CT molecular complexity index is 745. The zero-order valence-corrected chi connectivity index (χ0v) is 13.2. The van der Waals surface area contributed by atoms with E-state index in [9.17, 15) is 4.79 Å². The first-order chi connectivity index (χ1) is 10.1. The van der Waals surface area contributed by atoms with Gasteiger partial charge in [0, 0.05) is 9.40 Å². The van der Waals surface area contributed by atoms with Crippen LogP contribution in [0.25, 0.3) is 20.1 Å². The number of aliphatic carboxylic acids is 1. The Morgan fingerprint density at radius 3 is 2.90 bits per heavy atom. The molecule has 0 aliphatic rings. The molecule has 1 N–H and O–H groups in total. The van der Waals surface area contributed by atoms with Crippen molar-refractivity contribution in [2.75, 3.05) is 0 Å². The van der Waals surface area contributed by atoms with Gasteiger partial charge in [-0.1, -0.05) is 13.8 Å². The zero-order valence-electron chi connectivity index (χ0n) is 11.6. The summed E-state index contributed by atoms with van der Waals surface area (Å²) in [6, 6.07) is 3.87. The monoisotopic (exact) mass is 322 g/mol. The molecule has 0 radical (unpaired) electrons. The van der Waals surface area contributed by atoms with Crippen molar-refractivity contribution in [2.24, 2.45) is 5.92 Å². The van der Waals surface area contributed by atoms with Crippen LogP contribution >= 0.6 is 22.7 Å². The molecule has 0 bridgehead atoms. The van der Waals surface area contributed by atoms with Gasteiger partial charge in [-0.3, -0.25) is 4.79 Å². The summed E-state index contributed by atoms with van der Waals surface area (Å²) in [6.07, 6.45) is 0.00937. The molecule has 0 spiro atoms. The molecule has 3 aromatic heterocycles. The van der Waals surface area contributed by atoms with Crippen molar-refractivity contribution in [1.82, 2.24) is 20.2 Å². The van der Waals surface area contributed by atoms with Crippen molar-refractivity contribution in [3.63, 3.8) is 0 Å². The minimum atomic E-state index is -0.845. The Morgan fingerprint density at radius 2 is 2.24 bits per heavy atom. The number of carboxylic acids is 1. The van der Waals surface area contributed by atoms with Crippen LogP contribution in [-0.2, 0) is 4.79 Å². The Balaban J connectivity index is 2.02. The van der Waals surface area contributed by atoms with Gasteiger partial charge < -0.3 is 5.11 Å². The van der Waals surface area contributed by atoms with Crippen LogP contribution in [0, 0.1) is 5.92 Å². The summed E-state index contributed by atoms with van der Waals surface area (Å²) in [7, 11) is 0. The fourth-order valence-corrected chi connectivity index (χ4v) is 4.32. The Hall–Kier alpha value is -1.80. The minimum Gasteiger partial charge on any atom is -0.481 e. The number of carboxylic acid groups (broad SMARTS) is 1. The third-order valence-corrected chi connectivity index (χ3v) is 5.41. The highest BCUT2D eigenvalue weighted by atomic mass is 32.1. The molecule has 3 aromatic rings. The van der Waals surface area contributed by atoms with E-state index in [1.807, 2.05) is 13.8 Å². The number of thiophene rings is 2. The van der Waals surface area contributed by atoms with Crippen LogP contribution in [0.15, 0.2) is 17.5 Å². The van der Waals surface area contributed by atoms with E-state index >= 15 is 0 Å². The Labute approximate surface area is 129 Å². The van der Waals surface area contributed by atoms with Crippen LogP contribution in [0.5, 0.6) is 0 Å². The number of fused-ring (bicyclic) bond motifs is 1. The fourth-order valence-electron chi connectivity index (χ4n) is 2.24. The molecular formula is C13H14N4O2S2. The van der Waals surface area contributed by atoms with Crippen molar-refractivity contribution in [3.05, 3.63) is 17.5 Å². The molecule has 1 atom stereocenters. The largest absolute Gasteiger partial charge is 0.481 e. The molecule has 0 aliphatic heterocycles. The van der Waals surface area contributed by atoms with Gasteiger partial charge in [0.05, 0.1) is 17.3 Å². The van der Waals surface area contributed by atoms with E-state index in [1.165, 1.54) is 9.40 Å². The summed E-state index contributed by atoms with van der Waals surface area (Å²) in [6.45, 7) is 3.96. The number of nitrogens with zero attached hydrogens (tertiary/aromatic N) is 4. The summed E-state index contributed by atoms with van der Waals surface area (Å²) < 4.78 is 4.04. The number of carbonyl (C=O) groups is 1. The van der Waals surface area contributed by atoms with Gasteiger partial charge in [0.15, 0.2) is 5.82 Å². The molecule has 0 saturated heterocycles. The third kappa shape index (κ3) is 2.68. The molecule has 110 valence electrons. The zero-order chi connectivity index (χ0) is 15.0. The van der Waals surface area contributed by atoms with Gasteiger partial charge in [0.2, 0.25) is 0 Å². The second-order valence-electron chi connectivity index (χ2n) is 5.12. The van der Waals surface area contributed by atoms with Crippen LogP contribution in [0.1, 0.15) is 26.3 Å². The molecular weight excluding hydrogens is 308 g/mol. The van der Waals surface area contributed by atoms with E-state index in [0.29, 0.717) is 5.82 Å². The molecule has 0 fully saturated rings. The summed E-state index contributed by atoms with van der Waals surface area (Å²) in [4.78, 5) is 12.0. The molecule has 0 aromatic carbocycles. The highest BCUT2D eigenvalue weighted by Gasteiger charge is 2.25. The topological polar surface area (TPSA) is 80.9 Å². The van der Waals surface area contributed by atoms with Crippen molar-refractivity contribution in [1.29, 1.82) is 0 Å². The van der Waals surface area contributed by atoms with Gasteiger partial charge in [-0.15, -0.1) is 27.8 Å². The van der Waals surface area contributed by atoms with Crippen LogP contribution < -0.4 is 0 Å². The number of hydrogen-bond donors (Lipinski definition) is 1. The van der Waals surface area contributed by atoms with Gasteiger partial charge in [-0.05, 0) is 33.9 Å². The predicted octanol–water partition coefficient (Wildman–Crippen LogP) is 3.29. The molecule has 0 aliphatic carbocycles. The van der Waals surface area contributed by atoms with Crippen LogP contribution in [0.2, 0.25) is 0 Å². The molecule has 3 rings (SSSR count). The molecule has 8 heteroatoms. The first-order valence-corrected chi connectivity index (χ1v) is 8.23. The lowest BCUT2D eigenvalue weighted by molar-refractivity contribution is -0.138. The first-order valence-electron chi connectivity index (χ1n) is 6.53. The van der Waals surface area contributed by atoms with E-state index in [2.05, 4.69) is 33.0 Å². The van der Waals surface area contributed by atoms with Crippen molar-refractivity contribution in [3.8, 4) is 10.7 Å². The highest BCUT2D eigenvalue weighted by Crippen LogP contribution is 2.36. The van der Waals surface area contributed by atoms with E-state index < -0.39 is 5.97 Å². The number of tetrazole rings is 1. The van der Waals surface area contributed by atoms with Crippen LogP contribution in [-0.4, -0.2) is 31.3 Å². The maximum absolute atomic E-state index is 11.1. The van der Waals surface area contributed by atoms with Gasteiger partial charge in [0.1, 0.15) is 0 Å². The second kappa shape index (κ2) is 5.53. The quantitative estimate of drug-likeness (QED) is 0.779. The summed E-state index contributed by atoms with van der Waals surface area (Å²) in [5.41, 5.74) is 0. The normalized spacial score (nSPS) is 13.1. The number of aromatic nitrogens is 4.